The molecule has 2 radical (unpaired) electrons. The van der Waals surface area contributed by atoms with Gasteiger partial charge in [0.25, 0.3) is 0 Å². The van der Waals surface area contributed by atoms with Crippen molar-refractivity contribution in [3.05, 3.63) is 30.5 Å². The van der Waals surface area contributed by atoms with E-state index in [0.717, 1.165) is 37.6 Å². The van der Waals surface area contributed by atoms with Crippen LogP contribution < -0.4 is 4.90 Å². The summed E-state index contributed by atoms with van der Waals surface area (Å²) in [5, 5.41) is 0. The van der Waals surface area contributed by atoms with Gasteiger partial charge in [-0.25, -0.2) is 4.98 Å². The van der Waals surface area contributed by atoms with Crippen LogP contribution in [0.5, 0.6) is 0 Å². The van der Waals surface area contributed by atoms with Crippen LogP contribution in [-0.4, -0.2) is 49.3 Å². The molecule has 0 unspecified atom stereocenters. The maximum absolute atomic E-state index is 6.12. The van der Waals surface area contributed by atoms with E-state index in [4.69, 9.17) is 7.85 Å². The van der Waals surface area contributed by atoms with Crippen molar-refractivity contribution in [1.82, 2.24) is 9.88 Å². The molecular weight excluding hydrogens is 221 g/mol. The summed E-state index contributed by atoms with van der Waals surface area (Å²) >= 11 is 0. The third kappa shape index (κ3) is 2.93. The second-order valence-corrected chi connectivity index (χ2v) is 5.28. The van der Waals surface area contributed by atoms with E-state index in [1.165, 1.54) is 0 Å². The lowest BCUT2D eigenvalue weighted by Crippen LogP contribution is -2.55. The molecule has 94 valence electrons. The Bertz CT molecular complexity index is 417. The first-order valence-corrected chi connectivity index (χ1v) is 6.38. The number of anilines is 1. The molecule has 1 saturated heterocycles. The molecule has 0 amide bonds. The molecule has 2 heterocycles. The van der Waals surface area contributed by atoms with E-state index in [9.17, 15) is 0 Å². The van der Waals surface area contributed by atoms with Crippen molar-refractivity contribution in [2.45, 2.75) is 19.3 Å². The average molecular weight is 241 g/mol. The fourth-order valence-electron chi connectivity index (χ4n) is 2.25. The third-order valence-corrected chi connectivity index (χ3v) is 3.42. The Kier molecular flexibility index (Phi) is 3.76. The summed E-state index contributed by atoms with van der Waals surface area (Å²) in [5.74, 6) is 1.03. The summed E-state index contributed by atoms with van der Waals surface area (Å²) in [6.45, 7) is 11.8. The number of rotatable bonds is 3. The summed E-state index contributed by atoms with van der Waals surface area (Å²) in [7, 11) is 6.12. The molecule has 3 nitrogen and oxygen atoms in total. The monoisotopic (exact) mass is 241 g/mol. The topological polar surface area (TPSA) is 19.4 Å². The molecule has 1 aromatic rings. The summed E-state index contributed by atoms with van der Waals surface area (Å²) in [6, 6.07) is 4.05. The van der Waals surface area contributed by atoms with Gasteiger partial charge in [0, 0.05) is 32.4 Å². The number of piperazine rings is 1. The standard InChI is InChI=1S/C14H20BN3/c1-4-12-5-6-16-13(11-12)17-7-9-18(10-8-17)14(2,3)15/h4-6,11H,1,7-10H2,2-3H3. The largest absolute Gasteiger partial charge is 0.354 e. The number of hydrogen-bond donors (Lipinski definition) is 0. The predicted octanol–water partition coefficient (Wildman–Crippen LogP) is 1.75. The highest BCUT2D eigenvalue weighted by molar-refractivity contribution is 6.14. The minimum absolute atomic E-state index is 0.234. The Labute approximate surface area is 111 Å². The Morgan fingerprint density at radius 1 is 1.33 bits per heavy atom. The molecule has 0 aliphatic carbocycles. The van der Waals surface area contributed by atoms with Gasteiger partial charge < -0.3 is 9.80 Å². The molecule has 2 rings (SSSR count). The van der Waals surface area contributed by atoms with Gasteiger partial charge in [-0.3, -0.25) is 0 Å². The molecule has 0 atom stereocenters. The molecule has 1 fully saturated rings. The minimum atomic E-state index is -0.234. The molecule has 4 heteroatoms. The molecule has 18 heavy (non-hydrogen) atoms. The lowest BCUT2D eigenvalue weighted by Gasteiger charge is -2.43. The maximum atomic E-state index is 6.12. The van der Waals surface area contributed by atoms with Gasteiger partial charge in [-0.2, -0.15) is 0 Å². The summed E-state index contributed by atoms with van der Waals surface area (Å²) in [4.78, 5) is 9.03. The number of pyridine rings is 1. The second kappa shape index (κ2) is 5.15. The van der Waals surface area contributed by atoms with Gasteiger partial charge in [-0.15, -0.1) is 0 Å². The zero-order valence-electron chi connectivity index (χ0n) is 11.3. The molecule has 0 N–H and O–H groups in total. The van der Waals surface area contributed by atoms with Crippen LogP contribution in [0.25, 0.3) is 6.08 Å². The van der Waals surface area contributed by atoms with E-state index in [0.29, 0.717) is 0 Å². The quantitative estimate of drug-likeness (QED) is 0.751. The lowest BCUT2D eigenvalue weighted by molar-refractivity contribution is 0.178. The first-order valence-electron chi connectivity index (χ1n) is 6.38. The second-order valence-electron chi connectivity index (χ2n) is 5.28. The predicted molar refractivity (Wildman–Crippen MR) is 77.9 cm³/mol. The zero-order chi connectivity index (χ0) is 13.2. The minimum Gasteiger partial charge on any atom is -0.354 e. The van der Waals surface area contributed by atoms with Crippen molar-refractivity contribution in [1.29, 1.82) is 0 Å². The summed E-state index contributed by atoms with van der Waals surface area (Å²) in [5.41, 5.74) is 0.879. The van der Waals surface area contributed by atoms with Gasteiger partial charge >= 0.3 is 0 Å². The smallest absolute Gasteiger partial charge is 0.129 e. The van der Waals surface area contributed by atoms with Crippen molar-refractivity contribution in [2.75, 3.05) is 31.1 Å². The average Bonchev–Trinajstić information content (AvgIpc) is 2.38. The van der Waals surface area contributed by atoms with E-state index in [2.05, 4.69) is 41.3 Å². The van der Waals surface area contributed by atoms with Crippen molar-refractivity contribution < 1.29 is 0 Å². The Morgan fingerprint density at radius 3 is 2.56 bits per heavy atom. The normalized spacial score (nSPS) is 17.8. The van der Waals surface area contributed by atoms with Gasteiger partial charge in [0.15, 0.2) is 0 Å². The summed E-state index contributed by atoms with van der Waals surface area (Å²) < 4.78 is 0. The van der Waals surface area contributed by atoms with Crippen LogP contribution in [0.4, 0.5) is 5.82 Å². The molecule has 0 aromatic carbocycles. The zero-order valence-corrected chi connectivity index (χ0v) is 11.3. The lowest BCUT2D eigenvalue weighted by atomic mass is 9.79. The molecular formula is C14H20BN3. The Balaban J connectivity index is 2.03. The fraction of sp³-hybridized carbons (Fsp3) is 0.500. The molecule has 0 saturated carbocycles. The first-order chi connectivity index (χ1) is 8.50. The van der Waals surface area contributed by atoms with E-state index in [1.54, 1.807) is 0 Å². The van der Waals surface area contributed by atoms with Gasteiger partial charge in [0.05, 0.1) is 7.85 Å². The third-order valence-electron chi connectivity index (χ3n) is 3.42. The van der Waals surface area contributed by atoms with Crippen molar-refractivity contribution >= 4 is 19.7 Å². The molecule has 0 spiro atoms. The molecule has 1 aliphatic heterocycles. The van der Waals surface area contributed by atoms with Crippen LogP contribution in [0, 0.1) is 0 Å². The maximum Gasteiger partial charge on any atom is 0.129 e. The van der Waals surface area contributed by atoms with Gasteiger partial charge in [0.1, 0.15) is 5.82 Å². The van der Waals surface area contributed by atoms with Crippen LogP contribution in [0.2, 0.25) is 0 Å². The van der Waals surface area contributed by atoms with Gasteiger partial charge in [-0.1, -0.05) is 26.5 Å². The van der Waals surface area contributed by atoms with Gasteiger partial charge in [-0.05, 0) is 23.1 Å². The molecule has 0 bridgehead atoms. The van der Waals surface area contributed by atoms with Crippen molar-refractivity contribution in [3.8, 4) is 0 Å². The summed E-state index contributed by atoms with van der Waals surface area (Å²) in [6.07, 6.45) is 3.69. The highest BCUT2D eigenvalue weighted by atomic mass is 15.3. The van der Waals surface area contributed by atoms with Crippen molar-refractivity contribution in [2.24, 2.45) is 0 Å². The van der Waals surface area contributed by atoms with Crippen LogP contribution in [0.3, 0.4) is 0 Å². The van der Waals surface area contributed by atoms with Crippen molar-refractivity contribution in [3.63, 3.8) is 0 Å². The van der Waals surface area contributed by atoms with E-state index in [-0.39, 0.29) is 5.44 Å². The SMILES string of the molecule is [B]C(C)(C)N1CCN(c2cc(C=C)ccn2)CC1. The fourth-order valence-corrected chi connectivity index (χ4v) is 2.25. The van der Waals surface area contributed by atoms with E-state index < -0.39 is 0 Å². The van der Waals surface area contributed by atoms with Gasteiger partial charge in [0.2, 0.25) is 0 Å². The van der Waals surface area contributed by atoms with Crippen LogP contribution in [0.15, 0.2) is 24.9 Å². The Morgan fingerprint density at radius 2 is 2.00 bits per heavy atom. The highest BCUT2D eigenvalue weighted by Gasteiger charge is 2.25. The highest BCUT2D eigenvalue weighted by Crippen LogP contribution is 2.18. The number of aromatic nitrogens is 1. The number of nitrogens with zero attached hydrogens (tertiary/aromatic N) is 3. The van der Waals surface area contributed by atoms with E-state index in [1.807, 2.05) is 18.3 Å². The van der Waals surface area contributed by atoms with E-state index >= 15 is 0 Å². The van der Waals surface area contributed by atoms with Crippen LogP contribution in [-0.2, 0) is 0 Å². The number of hydrogen-bond acceptors (Lipinski definition) is 3. The van der Waals surface area contributed by atoms with Crippen LogP contribution >= 0.6 is 0 Å². The van der Waals surface area contributed by atoms with Crippen LogP contribution in [0.1, 0.15) is 19.4 Å². The first kappa shape index (κ1) is 13.2. The Hall–Kier alpha value is -1.29. The molecule has 1 aliphatic rings. The molecule has 1 aromatic heterocycles.